The molecule has 0 bridgehead atoms. The molecule has 3 aromatic carbocycles. The lowest BCUT2D eigenvalue weighted by Crippen LogP contribution is -2.59. The molecule has 16 heteroatoms. The Morgan fingerprint density at radius 3 is 2.39 bits per heavy atom. The summed E-state index contributed by atoms with van der Waals surface area (Å²) in [5.41, 5.74) is 12.7. The van der Waals surface area contributed by atoms with Gasteiger partial charge in [0, 0.05) is 24.7 Å². The largest absolute Gasteiger partial charge is 0.398 e. The second kappa shape index (κ2) is 18.6. The van der Waals surface area contributed by atoms with E-state index in [-0.39, 0.29) is 49.4 Å². The van der Waals surface area contributed by atoms with Gasteiger partial charge in [-0.15, -0.1) is 11.3 Å². The van der Waals surface area contributed by atoms with Crippen molar-refractivity contribution >= 4 is 62.5 Å². The van der Waals surface area contributed by atoms with Crippen LogP contribution in [0.15, 0.2) is 71.0 Å². The number of aromatic nitrogens is 4. The summed E-state index contributed by atoms with van der Waals surface area (Å²) < 4.78 is 19.3. The molecule has 2 aliphatic heterocycles. The number of likely N-dealkylation sites (tertiary alicyclic amines) is 2. The number of β-amino-alcohol motifs (C(OH)–C–C–N with tert-alkyl or cyclic N) is 1. The minimum absolute atomic E-state index is 0.0548. The average Bonchev–Trinajstić information content (AvgIpc) is 3.78. The maximum Gasteiger partial charge on any atom is 0.284 e. The second-order valence-electron chi connectivity index (χ2n) is 21.2. The van der Waals surface area contributed by atoms with Gasteiger partial charge in [0.1, 0.15) is 12.1 Å². The van der Waals surface area contributed by atoms with Crippen molar-refractivity contribution < 1.29 is 23.9 Å². The molecule has 4 fully saturated rings. The number of nitrogens with zero attached hydrogens (tertiary/aromatic N) is 6. The predicted molar refractivity (Wildman–Crippen MR) is 268 cm³/mol. The summed E-state index contributed by atoms with van der Waals surface area (Å²) in [5.74, 6) is -0.638. The highest BCUT2D eigenvalue weighted by Crippen LogP contribution is 2.41. The lowest BCUT2D eigenvalue weighted by atomic mass is 9.85. The first kappa shape index (κ1) is 47.0. The molecule has 10 rings (SSSR count). The summed E-state index contributed by atoms with van der Waals surface area (Å²) >= 11 is 1.58. The third-order valence-electron chi connectivity index (χ3n) is 15.3. The van der Waals surface area contributed by atoms with Gasteiger partial charge < -0.3 is 35.8 Å². The van der Waals surface area contributed by atoms with Gasteiger partial charge in [0.2, 0.25) is 17.6 Å². The minimum atomic E-state index is -1.97. The number of hydrogen-bond donors (Lipinski definition) is 4. The van der Waals surface area contributed by atoms with Gasteiger partial charge in [-0.05, 0) is 130 Å². The van der Waals surface area contributed by atoms with Crippen LogP contribution >= 0.6 is 11.3 Å². The Morgan fingerprint density at radius 2 is 1.71 bits per heavy atom. The van der Waals surface area contributed by atoms with Gasteiger partial charge in [-0.1, -0.05) is 70.0 Å². The molecule has 14 nitrogen and oxygen atoms in total. The van der Waals surface area contributed by atoms with Crippen LogP contribution in [0.2, 0.25) is 0 Å². The topological polar surface area (TPSA) is 180 Å². The molecular weight excluding hydrogens is 894 g/mol. The Bertz CT molecular complexity index is 2980. The van der Waals surface area contributed by atoms with Crippen molar-refractivity contribution in [3.05, 3.63) is 93.3 Å². The number of carbonyl (C=O) groups is 3. The van der Waals surface area contributed by atoms with E-state index >= 15 is 0 Å². The monoisotopic (exact) mass is 957 g/mol. The first-order valence-corrected chi connectivity index (χ1v) is 25.7. The number of nitrogen functional groups attached to an aromatic ring is 1. The molecule has 364 valence electrons. The fourth-order valence-corrected chi connectivity index (χ4v) is 12.1. The van der Waals surface area contributed by atoms with E-state index in [1.807, 2.05) is 36.7 Å². The van der Waals surface area contributed by atoms with E-state index in [9.17, 15) is 28.7 Å². The number of nitrogens with one attached hydrogen (secondary N) is 2. The number of fused-ring (bicyclic) bond motifs is 5. The van der Waals surface area contributed by atoms with Gasteiger partial charge in [0.15, 0.2) is 5.67 Å². The molecule has 2 saturated heterocycles. The van der Waals surface area contributed by atoms with Gasteiger partial charge >= 0.3 is 0 Å². The van der Waals surface area contributed by atoms with E-state index in [0.717, 1.165) is 103 Å². The van der Waals surface area contributed by atoms with Crippen LogP contribution in [-0.4, -0.2) is 102 Å². The molecule has 69 heavy (non-hydrogen) atoms. The van der Waals surface area contributed by atoms with Gasteiger partial charge in [0.25, 0.3) is 11.5 Å². The summed E-state index contributed by atoms with van der Waals surface area (Å²) in [6, 6.07) is 18.5. The molecule has 0 radical (unpaired) electrons. The number of carbonyl (C=O) groups excluding carboxylic acids is 3. The van der Waals surface area contributed by atoms with Gasteiger partial charge in [-0.2, -0.15) is 4.98 Å². The molecule has 6 aromatic rings. The zero-order chi connectivity index (χ0) is 48.4. The number of anilines is 1. The maximum atomic E-state index is 14.8. The maximum absolute atomic E-state index is 14.8. The molecule has 5 N–H and O–H groups in total. The quantitative estimate of drug-likeness (QED) is 0.0843. The number of benzene rings is 3. The molecule has 4 aliphatic rings. The Kier molecular flexibility index (Phi) is 12.6. The number of nitrogens with two attached hydrogens (primary N) is 1. The number of piperidine rings is 1. The van der Waals surface area contributed by atoms with Gasteiger partial charge in [-0.3, -0.25) is 23.6 Å². The Hall–Kier alpha value is -5.71. The first-order chi connectivity index (χ1) is 33.1. The van der Waals surface area contributed by atoms with Crippen LogP contribution in [0.1, 0.15) is 126 Å². The molecule has 0 spiro atoms. The van der Waals surface area contributed by atoms with E-state index in [1.165, 1.54) is 10.5 Å². The van der Waals surface area contributed by atoms with Crippen molar-refractivity contribution in [3.63, 3.8) is 0 Å². The number of alkyl halides is 1. The van der Waals surface area contributed by atoms with Crippen molar-refractivity contribution in [2.24, 2.45) is 5.41 Å². The lowest BCUT2D eigenvalue weighted by Gasteiger charge is -2.36. The first-order valence-electron chi connectivity index (χ1n) is 24.8. The standard InChI is InChI=1S/C53H64FN9O5S/c1-31-45(69-30-56-31)34-16-14-33(15-17-34)39(57-47(65)43-28-37(64)29-61(43)49(67)46(52(2,3)4)58-50(68)53(54)22-23-53)12-8-24-60-25-20-32(21-26-60)35-18-19-40-42(27-35)62(36-9-5-6-10-36)51-59-48(66)44-38(55)11-7-13-41(44)63(40)51/h7,11,13-19,27,30,32,36-37,39,43,46,64H,5-6,8-10,12,20-26,28-29,55H2,1-4H3,(H,57,65)(H,58,68)/t37-,39+,43+,46-/m1/s1. The fourth-order valence-electron chi connectivity index (χ4n) is 11.2. The third kappa shape index (κ3) is 9.15. The number of thiazole rings is 1. The van der Waals surface area contributed by atoms with Crippen molar-refractivity contribution in [2.75, 3.05) is 31.9 Å². The van der Waals surface area contributed by atoms with E-state index in [2.05, 4.69) is 64.8 Å². The van der Waals surface area contributed by atoms with Crippen molar-refractivity contribution in [1.82, 2.24) is 39.4 Å². The van der Waals surface area contributed by atoms with Crippen LogP contribution in [-0.2, 0) is 14.4 Å². The summed E-state index contributed by atoms with van der Waals surface area (Å²) in [7, 11) is 0. The number of halogens is 1. The average molecular weight is 958 g/mol. The molecule has 0 unspecified atom stereocenters. The van der Waals surface area contributed by atoms with Gasteiger partial charge in [0.05, 0.1) is 50.2 Å². The normalized spacial score (nSPS) is 21.0. The second-order valence-corrected chi connectivity index (χ2v) is 22.0. The number of hydrogen-bond acceptors (Lipinski definition) is 10. The molecule has 3 aromatic heterocycles. The number of aryl methyl sites for hydroxylation is 1. The molecule has 5 heterocycles. The van der Waals surface area contributed by atoms with Crippen molar-refractivity contribution in [3.8, 4) is 10.4 Å². The van der Waals surface area contributed by atoms with Crippen LogP contribution in [0.25, 0.3) is 38.2 Å². The molecule has 4 atom stereocenters. The summed E-state index contributed by atoms with van der Waals surface area (Å²) in [6.45, 7) is 10.0. The highest BCUT2D eigenvalue weighted by molar-refractivity contribution is 7.13. The number of rotatable bonds is 13. The highest BCUT2D eigenvalue weighted by atomic mass is 32.1. The number of imidazole rings is 1. The van der Waals surface area contributed by atoms with E-state index < -0.39 is 41.1 Å². The van der Waals surface area contributed by atoms with Crippen LogP contribution in [0.3, 0.4) is 0 Å². The van der Waals surface area contributed by atoms with Crippen LogP contribution < -0.4 is 21.9 Å². The third-order valence-corrected chi connectivity index (χ3v) is 16.3. The summed E-state index contributed by atoms with van der Waals surface area (Å²) in [5, 5.41) is 17.3. The molecule has 2 aliphatic carbocycles. The SMILES string of the molecule is Cc1ncsc1-c1ccc([C@H](CCCN2CCC(c3ccc4c(c3)n(C3CCCC3)c3nc(=O)c5c(N)cccc5n43)CC2)NC(=O)[C@@H]2C[C@@H](O)CN2C(=O)[C@@H](NC(=O)C2(F)CC2)C(C)(C)C)cc1. The summed E-state index contributed by atoms with van der Waals surface area (Å²) in [4.78, 5) is 69.0. The van der Waals surface area contributed by atoms with Crippen LogP contribution in [0.5, 0.6) is 0 Å². The Balaban J connectivity index is 0.839. The van der Waals surface area contributed by atoms with E-state index in [4.69, 9.17) is 5.73 Å². The number of aliphatic hydroxyl groups excluding tert-OH is 1. The Labute approximate surface area is 405 Å². The molecule has 2 saturated carbocycles. The van der Waals surface area contributed by atoms with Gasteiger partial charge in [-0.25, -0.2) is 9.37 Å². The number of aliphatic hydroxyl groups is 1. The minimum Gasteiger partial charge on any atom is -0.398 e. The zero-order valence-corrected chi connectivity index (χ0v) is 40.9. The van der Waals surface area contributed by atoms with Crippen LogP contribution in [0.4, 0.5) is 10.1 Å². The van der Waals surface area contributed by atoms with E-state index in [0.29, 0.717) is 29.2 Å². The smallest absolute Gasteiger partial charge is 0.284 e. The van der Waals surface area contributed by atoms with Crippen LogP contribution in [0, 0.1) is 12.3 Å². The lowest BCUT2D eigenvalue weighted by molar-refractivity contribution is -0.145. The number of amides is 3. The predicted octanol–water partition coefficient (Wildman–Crippen LogP) is 7.74. The van der Waals surface area contributed by atoms with E-state index in [1.54, 1.807) is 38.2 Å². The fraction of sp³-hybridized carbons (Fsp3) is 0.509. The van der Waals surface area contributed by atoms with Crippen molar-refractivity contribution in [2.45, 2.75) is 140 Å². The molecular formula is C53H64FN9O5S. The highest BCUT2D eigenvalue weighted by Gasteiger charge is 2.53. The zero-order valence-electron chi connectivity index (χ0n) is 40.0. The molecule has 3 amide bonds. The summed E-state index contributed by atoms with van der Waals surface area (Å²) in [6.07, 6.45) is 7.23. The Morgan fingerprint density at radius 1 is 0.971 bits per heavy atom. The van der Waals surface area contributed by atoms with Crippen molar-refractivity contribution in [1.29, 1.82) is 0 Å².